The molecule has 4 rings (SSSR count). The van der Waals surface area contributed by atoms with E-state index in [0.29, 0.717) is 45.3 Å². The Hall–Kier alpha value is -5.54. The van der Waals surface area contributed by atoms with Crippen LogP contribution < -0.4 is 14.2 Å². The van der Waals surface area contributed by atoms with Crippen LogP contribution in [-0.2, 0) is 0 Å². The van der Waals surface area contributed by atoms with Gasteiger partial charge >= 0.3 is 0 Å². The molecule has 0 aliphatic carbocycles. The summed E-state index contributed by atoms with van der Waals surface area (Å²) in [6.07, 6.45) is 6.63. The molecule has 1 heterocycles. The molecule has 0 N–H and O–H groups in total. The second-order valence-electron chi connectivity index (χ2n) is 7.79. The predicted octanol–water partition coefficient (Wildman–Crippen LogP) is 6.17. The van der Waals surface area contributed by atoms with Gasteiger partial charge in [0.05, 0.1) is 19.1 Å². The van der Waals surface area contributed by atoms with Crippen molar-refractivity contribution >= 4 is 17.8 Å². The fraction of sp³-hybridized carbons (Fsp3) is 0.103. The van der Waals surface area contributed by atoms with E-state index in [1.54, 1.807) is 38.5 Å². The van der Waals surface area contributed by atoms with Gasteiger partial charge in [0.25, 0.3) is 5.69 Å². The third-order valence-electron chi connectivity index (χ3n) is 5.57. The van der Waals surface area contributed by atoms with Crippen LogP contribution in [0.5, 0.6) is 17.2 Å². The minimum atomic E-state index is -0.528. The molecule has 0 amide bonds. The lowest BCUT2D eigenvalue weighted by atomic mass is 9.98. The highest BCUT2D eigenvalue weighted by Gasteiger charge is 2.23. The SMILES string of the molecule is C#CCOc1ccc([N+](=O)[O-])cc1C=Nc1oc(-c2ccc(OC)cc2)c(-c2ccc(OC)cc2)c1C#N. The molecule has 4 aromatic rings. The molecule has 0 atom stereocenters. The molecule has 9 nitrogen and oxygen atoms in total. The lowest BCUT2D eigenvalue weighted by Crippen LogP contribution is -1.99. The number of terminal acetylenes is 1. The summed E-state index contributed by atoms with van der Waals surface area (Å²) in [5.74, 6) is 4.42. The van der Waals surface area contributed by atoms with Crippen LogP contribution in [0.4, 0.5) is 11.6 Å². The third-order valence-corrected chi connectivity index (χ3v) is 5.57. The highest BCUT2D eigenvalue weighted by Crippen LogP contribution is 2.43. The number of benzene rings is 3. The Labute approximate surface area is 218 Å². The first-order valence-corrected chi connectivity index (χ1v) is 11.2. The lowest BCUT2D eigenvalue weighted by molar-refractivity contribution is -0.384. The van der Waals surface area contributed by atoms with Crippen molar-refractivity contribution in [3.8, 4) is 58.1 Å². The summed E-state index contributed by atoms with van der Waals surface area (Å²) in [6, 6.07) is 20.6. The largest absolute Gasteiger partial charge is 0.497 e. The maximum Gasteiger partial charge on any atom is 0.270 e. The van der Waals surface area contributed by atoms with Crippen molar-refractivity contribution in [1.29, 1.82) is 5.26 Å². The number of hydrogen-bond donors (Lipinski definition) is 0. The standard InChI is InChI=1S/C29H21N3O6/c1-4-15-37-26-14-9-22(32(33)34)16-21(26)18-31-29-25(17-30)27(19-5-10-23(35-2)11-6-19)28(38-29)20-7-12-24(36-3)13-8-20/h1,5-14,16,18H,15H2,2-3H3. The third kappa shape index (κ3) is 5.32. The molecule has 0 saturated carbocycles. The smallest absolute Gasteiger partial charge is 0.270 e. The van der Waals surface area contributed by atoms with Gasteiger partial charge in [-0.3, -0.25) is 10.1 Å². The molecule has 38 heavy (non-hydrogen) atoms. The van der Waals surface area contributed by atoms with Gasteiger partial charge < -0.3 is 18.6 Å². The average molecular weight is 508 g/mol. The van der Waals surface area contributed by atoms with E-state index in [2.05, 4.69) is 17.0 Å². The molecule has 1 aromatic heterocycles. The van der Waals surface area contributed by atoms with Crippen molar-refractivity contribution in [2.75, 3.05) is 20.8 Å². The summed E-state index contributed by atoms with van der Waals surface area (Å²) in [5, 5.41) is 21.4. The molecular formula is C29H21N3O6. The number of furan rings is 1. The Bertz CT molecular complexity index is 1570. The van der Waals surface area contributed by atoms with E-state index in [-0.39, 0.29) is 23.7 Å². The van der Waals surface area contributed by atoms with E-state index < -0.39 is 4.92 Å². The highest BCUT2D eigenvalue weighted by molar-refractivity contribution is 5.91. The maximum absolute atomic E-state index is 11.3. The number of aliphatic imine (C=N–C) groups is 1. The summed E-state index contributed by atoms with van der Waals surface area (Å²) in [5.41, 5.74) is 2.28. The summed E-state index contributed by atoms with van der Waals surface area (Å²) in [7, 11) is 3.14. The minimum Gasteiger partial charge on any atom is -0.497 e. The minimum absolute atomic E-state index is 0.0264. The molecule has 0 bridgehead atoms. The zero-order valence-corrected chi connectivity index (χ0v) is 20.5. The van der Waals surface area contributed by atoms with Gasteiger partial charge in [-0.25, -0.2) is 4.99 Å². The maximum atomic E-state index is 11.3. The van der Waals surface area contributed by atoms with Crippen LogP contribution in [-0.4, -0.2) is 32.0 Å². The number of non-ortho nitro benzene ring substituents is 1. The number of rotatable bonds is 9. The summed E-state index contributed by atoms with van der Waals surface area (Å²) in [6.45, 7) is -0.0356. The van der Waals surface area contributed by atoms with Crippen LogP contribution in [0, 0.1) is 33.8 Å². The van der Waals surface area contributed by atoms with Crippen LogP contribution in [0.2, 0.25) is 0 Å². The van der Waals surface area contributed by atoms with Crippen molar-refractivity contribution in [3.63, 3.8) is 0 Å². The van der Waals surface area contributed by atoms with E-state index in [1.807, 2.05) is 24.3 Å². The number of ether oxygens (including phenoxy) is 3. The van der Waals surface area contributed by atoms with E-state index in [0.717, 1.165) is 0 Å². The monoisotopic (exact) mass is 507 g/mol. The Morgan fingerprint density at radius 1 is 1.03 bits per heavy atom. The first-order chi connectivity index (χ1) is 18.5. The van der Waals surface area contributed by atoms with Gasteiger partial charge in [-0.1, -0.05) is 18.1 Å². The second kappa shape index (κ2) is 11.5. The van der Waals surface area contributed by atoms with Crippen LogP contribution in [0.1, 0.15) is 11.1 Å². The Balaban J connectivity index is 1.87. The van der Waals surface area contributed by atoms with Crippen LogP contribution in [0.15, 0.2) is 76.1 Å². The predicted molar refractivity (Wildman–Crippen MR) is 142 cm³/mol. The van der Waals surface area contributed by atoms with E-state index in [1.165, 1.54) is 24.4 Å². The van der Waals surface area contributed by atoms with Gasteiger partial charge in [-0.2, -0.15) is 5.26 Å². The van der Waals surface area contributed by atoms with Gasteiger partial charge in [0.15, 0.2) is 0 Å². The number of nitrogens with zero attached hydrogens (tertiary/aromatic N) is 3. The molecule has 0 fully saturated rings. The molecule has 0 spiro atoms. The molecule has 9 heteroatoms. The zero-order valence-electron chi connectivity index (χ0n) is 20.5. The first kappa shape index (κ1) is 25.5. The number of nitro groups is 1. The van der Waals surface area contributed by atoms with Crippen molar-refractivity contribution in [2.24, 2.45) is 4.99 Å². The molecule has 0 aliphatic heterocycles. The first-order valence-electron chi connectivity index (χ1n) is 11.2. The van der Waals surface area contributed by atoms with Crippen molar-refractivity contribution < 1.29 is 23.6 Å². The molecule has 3 aromatic carbocycles. The van der Waals surface area contributed by atoms with Crippen LogP contribution >= 0.6 is 0 Å². The molecule has 0 saturated heterocycles. The van der Waals surface area contributed by atoms with E-state index >= 15 is 0 Å². The van der Waals surface area contributed by atoms with E-state index in [9.17, 15) is 15.4 Å². The Morgan fingerprint density at radius 3 is 2.21 bits per heavy atom. The van der Waals surface area contributed by atoms with E-state index in [4.69, 9.17) is 25.1 Å². The number of methoxy groups -OCH3 is 2. The fourth-order valence-electron chi connectivity index (χ4n) is 3.72. The molecule has 0 radical (unpaired) electrons. The average Bonchev–Trinajstić information content (AvgIpc) is 3.33. The normalized spacial score (nSPS) is 10.5. The molecule has 188 valence electrons. The lowest BCUT2D eigenvalue weighted by Gasteiger charge is -2.06. The van der Waals surface area contributed by atoms with Gasteiger partial charge in [-0.05, 0) is 48.0 Å². The quantitative estimate of drug-likeness (QED) is 0.115. The van der Waals surface area contributed by atoms with Crippen molar-refractivity contribution in [3.05, 3.63) is 88.0 Å². The number of hydrogen-bond acceptors (Lipinski definition) is 8. The van der Waals surface area contributed by atoms with Crippen LogP contribution in [0.25, 0.3) is 22.5 Å². The molecule has 0 aliphatic rings. The van der Waals surface area contributed by atoms with Gasteiger partial charge in [0.1, 0.15) is 41.2 Å². The second-order valence-corrected chi connectivity index (χ2v) is 7.79. The Kier molecular flexibility index (Phi) is 7.71. The Morgan fingerprint density at radius 2 is 1.66 bits per heavy atom. The fourth-order valence-corrected chi connectivity index (χ4v) is 3.72. The van der Waals surface area contributed by atoms with Crippen molar-refractivity contribution in [1.82, 2.24) is 0 Å². The molecule has 0 unspecified atom stereocenters. The topological polar surface area (TPSA) is 120 Å². The van der Waals surface area contributed by atoms with Crippen LogP contribution in [0.3, 0.4) is 0 Å². The van der Waals surface area contributed by atoms with Crippen molar-refractivity contribution in [2.45, 2.75) is 0 Å². The van der Waals surface area contributed by atoms with Gasteiger partial charge in [-0.15, -0.1) is 6.42 Å². The summed E-state index contributed by atoms with van der Waals surface area (Å²) >= 11 is 0. The molecular weight excluding hydrogens is 486 g/mol. The van der Waals surface area contributed by atoms with Gasteiger partial charge in [0.2, 0.25) is 5.88 Å². The summed E-state index contributed by atoms with van der Waals surface area (Å²) in [4.78, 5) is 15.2. The zero-order chi connectivity index (χ0) is 27.1. The number of nitriles is 1. The highest BCUT2D eigenvalue weighted by atomic mass is 16.6. The summed E-state index contributed by atoms with van der Waals surface area (Å²) < 4.78 is 22.2. The van der Waals surface area contributed by atoms with Gasteiger partial charge in [0, 0.05) is 35.0 Å². The number of nitro benzene ring substituents is 1.